The molecule has 0 amide bonds. The number of aryl methyl sites for hydroxylation is 2. The van der Waals surface area contributed by atoms with Gasteiger partial charge in [-0.15, -0.1) is 11.3 Å². The van der Waals surface area contributed by atoms with Gasteiger partial charge in [-0.25, -0.2) is 4.98 Å². The summed E-state index contributed by atoms with van der Waals surface area (Å²) < 4.78 is 6.07. The molecule has 6 heteroatoms. The highest BCUT2D eigenvalue weighted by molar-refractivity contribution is 7.18. The fourth-order valence-corrected chi connectivity index (χ4v) is 4.41. The predicted molar refractivity (Wildman–Crippen MR) is 101 cm³/mol. The molecule has 1 aliphatic rings. The number of nitrogens with two attached hydrogens (primary N) is 1. The van der Waals surface area contributed by atoms with Gasteiger partial charge in [0.2, 0.25) is 5.88 Å². The topological polar surface area (TPSA) is 73.9 Å². The highest BCUT2D eigenvalue weighted by Gasteiger charge is 2.22. The van der Waals surface area contributed by atoms with Crippen LogP contribution in [0.4, 0.5) is 0 Å². The van der Waals surface area contributed by atoms with Gasteiger partial charge in [-0.05, 0) is 49.8 Å². The summed E-state index contributed by atoms with van der Waals surface area (Å²) in [5.74, 6) is 1.37. The van der Waals surface area contributed by atoms with Crippen LogP contribution >= 0.6 is 11.3 Å². The second-order valence-electron chi connectivity index (χ2n) is 6.46. The SMILES string of the molecule is CC[C@@H](N)COc1nc(-c2ccncc2)nc2sc3c(c12)CCCC3. The molecule has 0 radical (unpaired) electrons. The Bertz CT molecular complexity index is 878. The minimum absolute atomic E-state index is 0.0175. The number of hydrogen-bond acceptors (Lipinski definition) is 6. The van der Waals surface area contributed by atoms with Gasteiger partial charge >= 0.3 is 0 Å². The van der Waals surface area contributed by atoms with Crippen molar-refractivity contribution in [1.82, 2.24) is 15.0 Å². The summed E-state index contributed by atoms with van der Waals surface area (Å²) in [6.07, 6.45) is 9.09. The van der Waals surface area contributed by atoms with Crippen LogP contribution in [0.2, 0.25) is 0 Å². The number of rotatable bonds is 5. The van der Waals surface area contributed by atoms with Gasteiger partial charge in [0.15, 0.2) is 5.82 Å². The first-order valence-electron chi connectivity index (χ1n) is 8.87. The molecule has 2 N–H and O–H groups in total. The molecule has 0 saturated heterocycles. The largest absolute Gasteiger partial charge is 0.475 e. The molecule has 1 atom stereocenters. The monoisotopic (exact) mass is 354 g/mol. The van der Waals surface area contributed by atoms with Gasteiger partial charge in [-0.3, -0.25) is 4.98 Å². The first-order valence-corrected chi connectivity index (χ1v) is 9.69. The van der Waals surface area contributed by atoms with Gasteiger partial charge in [-0.1, -0.05) is 6.92 Å². The third kappa shape index (κ3) is 3.24. The molecular formula is C19H22N4OS. The molecule has 25 heavy (non-hydrogen) atoms. The molecule has 4 rings (SSSR count). The molecule has 0 unspecified atom stereocenters. The minimum atomic E-state index is 0.0175. The molecule has 5 nitrogen and oxygen atoms in total. The normalized spacial score (nSPS) is 15.1. The van der Waals surface area contributed by atoms with E-state index < -0.39 is 0 Å². The fraction of sp³-hybridized carbons (Fsp3) is 0.421. The third-order valence-electron chi connectivity index (χ3n) is 4.68. The zero-order valence-corrected chi connectivity index (χ0v) is 15.2. The van der Waals surface area contributed by atoms with E-state index in [1.165, 1.54) is 23.3 Å². The first-order chi connectivity index (χ1) is 12.3. The van der Waals surface area contributed by atoms with E-state index in [0.29, 0.717) is 18.3 Å². The fourth-order valence-electron chi connectivity index (χ4n) is 3.16. The Labute approximate surface area is 151 Å². The van der Waals surface area contributed by atoms with Gasteiger partial charge < -0.3 is 10.5 Å². The van der Waals surface area contributed by atoms with Crippen LogP contribution in [0.15, 0.2) is 24.5 Å². The van der Waals surface area contributed by atoms with Crippen LogP contribution in [0.1, 0.15) is 36.6 Å². The Morgan fingerprint density at radius 2 is 2.00 bits per heavy atom. The number of hydrogen-bond donors (Lipinski definition) is 1. The molecule has 1 aliphatic carbocycles. The molecule has 0 saturated carbocycles. The lowest BCUT2D eigenvalue weighted by atomic mass is 9.97. The van der Waals surface area contributed by atoms with E-state index in [4.69, 9.17) is 20.4 Å². The predicted octanol–water partition coefficient (Wildman–Crippen LogP) is 3.75. The van der Waals surface area contributed by atoms with Crippen molar-refractivity contribution in [3.63, 3.8) is 0 Å². The van der Waals surface area contributed by atoms with E-state index >= 15 is 0 Å². The molecule has 3 aromatic heterocycles. The van der Waals surface area contributed by atoms with Crippen LogP contribution in [0, 0.1) is 0 Å². The van der Waals surface area contributed by atoms with E-state index in [9.17, 15) is 0 Å². The van der Waals surface area contributed by atoms with Crippen LogP contribution in [0.5, 0.6) is 5.88 Å². The lowest BCUT2D eigenvalue weighted by molar-refractivity contribution is 0.278. The highest BCUT2D eigenvalue weighted by atomic mass is 32.1. The Morgan fingerprint density at radius 1 is 1.20 bits per heavy atom. The quantitative estimate of drug-likeness (QED) is 0.755. The molecule has 0 aromatic carbocycles. The van der Waals surface area contributed by atoms with Gasteiger partial charge in [0.25, 0.3) is 0 Å². The lowest BCUT2D eigenvalue weighted by Crippen LogP contribution is -2.27. The summed E-state index contributed by atoms with van der Waals surface area (Å²) in [6.45, 7) is 2.54. The highest BCUT2D eigenvalue weighted by Crippen LogP contribution is 2.40. The molecular weight excluding hydrogens is 332 g/mol. The molecule has 130 valence electrons. The van der Waals surface area contributed by atoms with E-state index in [0.717, 1.165) is 35.0 Å². The second kappa shape index (κ2) is 7.06. The van der Waals surface area contributed by atoms with Crippen LogP contribution in [0.25, 0.3) is 21.6 Å². The zero-order chi connectivity index (χ0) is 17.2. The summed E-state index contributed by atoms with van der Waals surface area (Å²) in [5.41, 5.74) is 8.39. The molecule has 0 aliphatic heterocycles. The molecule has 3 heterocycles. The van der Waals surface area contributed by atoms with Gasteiger partial charge in [-0.2, -0.15) is 4.98 Å². The Morgan fingerprint density at radius 3 is 2.80 bits per heavy atom. The number of aromatic nitrogens is 3. The van der Waals surface area contributed by atoms with Crippen LogP contribution < -0.4 is 10.5 Å². The summed E-state index contributed by atoms with van der Waals surface area (Å²) in [5, 5.41) is 1.10. The van der Waals surface area contributed by atoms with Crippen molar-refractivity contribution in [2.75, 3.05) is 6.61 Å². The maximum absolute atomic E-state index is 6.07. The second-order valence-corrected chi connectivity index (χ2v) is 7.54. The summed E-state index contributed by atoms with van der Waals surface area (Å²) in [7, 11) is 0. The van der Waals surface area contributed by atoms with Crippen molar-refractivity contribution < 1.29 is 4.74 Å². The minimum Gasteiger partial charge on any atom is -0.475 e. The Balaban J connectivity index is 1.83. The van der Waals surface area contributed by atoms with Crippen molar-refractivity contribution in [1.29, 1.82) is 0 Å². The zero-order valence-electron chi connectivity index (χ0n) is 14.4. The lowest BCUT2D eigenvalue weighted by Gasteiger charge is -2.14. The van der Waals surface area contributed by atoms with Crippen molar-refractivity contribution in [2.24, 2.45) is 5.73 Å². The van der Waals surface area contributed by atoms with Gasteiger partial charge in [0.05, 0.1) is 5.39 Å². The average molecular weight is 354 g/mol. The number of nitrogens with zero attached hydrogens (tertiary/aromatic N) is 3. The van der Waals surface area contributed by atoms with Crippen LogP contribution in [0.3, 0.4) is 0 Å². The van der Waals surface area contributed by atoms with Crippen molar-refractivity contribution >= 4 is 21.6 Å². The third-order valence-corrected chi connectivity index (χ3v) is 5.86. The summed E-state index contributed by atoms with van der Waals surface area (Å²) >= 11 is 1.78. The maximum Gasteiger partial charge on any atom is 0.226 e. The van der Waals surface area contributed by atoms with E-state index in [2.05, 4.69) is 11.9 Å². The van der Waals surface area contributed by atoms with Crippen molar-refractivity contribution in [3.8, 4) is 17.3 Å². The molecule has 0 fully saturated rings. The number of fused-ring (bicyclic) bond motifs is 3. The first kappa shape index (κ1) is 16.4. The van der Waals surface area contributed by atoms with E-state index in [-0.39, 0.29) is 6.04 Å². The van der Waals surface area contributed by atoms with Crippen molar-refractivity contribution in [2.45, 2.75) is 45.1 Å². The van der Waals surface area contributed by atoms with Crippen molar-refractivity contribution in [3.05, 3.63) is 35.0 Å². The summed E-state index contributed by atoms with van der Waals surface area (Å²) in [4.78, 5) is 16.1. The van der Waals surface area contributed by atoms with Gasteiger partial charge in [0, 0.05) is 28.9 Å². The number of ether oxygens (including phenoxy) is 1. The smallest absolute Gasteiger partial charge is 0.226 e. The average Bonchev–Trinajstić information content (AvgIpc) is 3.05. The molecule has 0 bridgehead atoms. The van der Waals surface area contributed by atoms with Gasteiger partial charge in [0.1, 0.15) is 11.4 Å². The Kier molecular flexibility index (Phi) is 4.63. The number of thiophene rings is 1. The maximum atomic E-state index is 6.07. The van der Waals surface area contributed by atoms with E-state index in [1.54, 1.807) is 23.7 Å². The molecule has 0 spiro atoms. The van der Waals surface area contributed by atoms with Crippen LogP contribution in [-0.4, -0.2) is 27.6 Å². The van der Waals surface area contributed by atoms with E-state index in [1.807, 2.05) is 12.1 Å². The molecule has 3 aromatic rings. The number of pyridine rings is 1. The van der Waals surface area contributed by atoms with Crippen LogP contribution in [-0.2, 0) is 12.8 Å². The standard InChI is InChI=1S/C19H22N4OS/c1-2-13(20)11-24-18-16-14-5-3-4-6-15(14)25-19(16)23-17(22-18)12-7-9-21-10-8-12/h7-10,13H,2-6,11,20H2,1H3/t13-/m1/s1. The summed E-state index contributed by atoms with van der Waals surface area (Å²) in [6, 6.07) is 3.87. The Hall–Kier alpha value is -2.05.